The summed E-state index contributed by atoms with van der Waals surface area (Å²) in [5.41, 5.74) is 1.67. The minimum Gasteiger partial charge on any atom is -0.256 e. The van der Waals surface area contributed by atoms with Crippen molar-refractivity contribution in [2.45, 2.75) is 0 Å². The van der Waals surface area contributed by atoms with Crippen LogP contribution in [0.25, 0.3) is 0 Å². The summed E-state index contributed by atoms with van der Waals surface area (Å²) in [4.78, 5) is 4.24. The molecule has 1 nitrogen and oxygen atoms in total. The Kier molecular flexibility index (Phi) is 3.32. The Morgan fingerprint density at radius 3 is 2.19 bits per heavy atom. The second kappa shape index (κ2) is 4.90. The Labute approximate surface area is 98.2 Å². The first-order valence-electron chi connectivity index (χ1n) is 4.79. The zero-order valence-electron chi connectivity index (χ0n) is 8.40. The first kappa shape index (κ1) is 10.8. The highest BCUT2D eigenvalue weighted by molar-refractivity contribution is 6.30. The SMILES string of the molecule is Fc1ccc(C=Nc2ccc(Cl)cc2)cc1. The number of hydrogen-bond donors (Lipinski definition) is 0. The van der Waals surface area contributed by atoms with Gasteiger partial charge in [0.1, 0.15) is 5.82 Å². The second-order valence-corrected chi connectivity index (χ2v) is 3.72. The van der Waals surface area contributed by atoms with Crippen LogP contribution >= 0.6 is 11.6 Å². The molecule has 0 saturated heterocycles. The lowest BCUT2D eigenvalue weighted by Gasteiger charge is -1.94. The maximum absolute atomic E-state index is 12.6. The lowest BCUT2D eigenvalue weighted by Crippen LogP contribution is -1.80. The molecule has 2 aromatic carbocycles. The molecule has 0 aliphatic rings. The largest absolute Gasteiger partial charge is 0.256 e. The number of benzene rings is 2. The van der Waals surface area contributed by atoms with Gasteiger partial charge in [-0.15, -0.1) is 0 Å². The number of aliphatic imine (C=N–C) groups is 1. The van der Waals surface area contributed by atoms with Crippen molar-refractivity contribution in [2.24, 2.45) is 4.99 Å². The van der Waals surface area contributed by atoms with Gasteiger partial charge in [-0.25, -0.2) is 4.39 Å². The lowest BCUT2D eigenvalue weighted by atomic mass is 10.2. The first-order valence-corrected chi connectivity index (χ1v) is 5.17. The Morgan fingerprint density at radius 2 is 1.56 bits per heavy atom. The van der Waals surface area contributed by atoms with Gasteiger partial charge >= 0.3 is 0 Å². The summed E-state index contributed by atoms with van der Waals surface area (Å²) in [6.07, 6.45) is 1.68. The summed E-state index contributed by atoms with van der Waals surface area (Å²) in [5, 5.41) is 0.681. The minimum atomic E-state index is -0.247. The molecular formula is C13H9ClFN. The smallest absolute Gasteiger partial charge is 0.123 e. The fourth-order valence-corrected chi connectivity index (χ4v) is 1.35. The van der Waals surface area contributed by atoms with Crippen LogP contribution < -0.4 is 0 Å². The molecule has 0 radical (unpaired) electrons. The number of nitrogens with zero attached hydrogens (tertiary/aromatic N) is 1. The van der Waals surface area contributed by atoms with E-state index in [0.29, 0.717) is 5.02 Å². The molecule has 0 bridgehead atoms. The van der Waals surface area contributed by atoms with Crippen LogP contribution in [0.1, 0.15) is 5.56 Å². The van der Waals surface area contributed by atoms with Crippen molar-refractivity contribution in [3.05, 3.63) is 64.9 Å². The molecule has 0 spiro atoms. The third kappa shape index (κ3) is 2.91. The Bertz CT molecular complexity index is 441. The molecule has 0 amide bonds. The Morgan fingerprint density at radius 1 is 0.938 bits per heavy atom. The molecule has 0 aromatic heterocycles. The van der Waals surface area contributed by atoms with Gasteiger partial charge in [-0.3, -0.25) is 4.99 Å². The molecular weight excluding hydrogens is 225 g/mol. The van der Waals surface area contributed by atoms with Crippen molar-refractivity contribution < 1.29 is 4.39 Å². The molecule has 0 saturated carbocycles. The molecule has 16 heavy (non-hydrogen) atoms. The summed E-state index contributed by atoms with van der Waals surface area (Å²) in [5.74, 6) is -0.247. The predicted octanol–water partition coefficient (Wildman–Crippen LogP) is 4.23. The van der Waals surface area contributed by atoms with Crippen LogP contribution in [0.4, 0.5) is 10.1 Å². The molecule has 0 heterocycles. The van der Waals surface area contributed by atoms with Gasteiger partial charge in [-0.1, -0.05) is 23.7 Å². The average Bonchev–Trinajstić information content (AvgIpc) is 2.30. The van der Waals surface area contributed by atoms with Gasteiger partial charge in [0.2, 0.25) is 0 Å². The van der Waals surface area contributed by atoms with E-state index in [-0.39, 0.29) is 5.82 Å². The van der Waals surface area contributed by atoms with E-state index < -0.39 is 0 Å². The van der Waals surface area contributed by atoms with E-state index in [9.17, 15) is 4.39 Å². The molecule has 3 heteroatoms. The van der Waals surface area contributed by atoms with Gasteiger partial charge in [-0.2, -0.15) is 0 Å². The summed E-state index contributed by atoms with van der Waals surface area (Å²) in [7, 11) is 0. The predicted molar refractivity (Wildman–Crippen MR) is 65.1 cm³/mol. The molecule has 0 unspecified atom stereocenters. The molecule has 0 atom stereocenters. The van der Waals surface area contributed by atoms with E-state index >= 15 is 0 Å². The van der Waals surface area contributed by atoms with E-state index in [0.717, 1.165) is 11.3 Å². The van der Waals surface area contributed by atoms with Crippen molar-refractivity contribution in [1.29, 1.82) is 0 Å². The van der Waals surface area contributed by atoms with Crippen LogP contribution in [-0.2, 0) is 0 Å². The van der Waals surface area contributed by atoms with E-state index in [1.54, 1.807) is 30.5 Å². The summed E-state index contributed by atoms with van der Waals surface area (Å²) >= 11 is 5.75. The van der Waals surface area contributed by atoms with Gasteiger partial charge in [0.25, 0.3) is 0 Å². The second-order valence-electron chi connectivity index (χ2n) is 3.29. The minimum absolute atomic E-state index is 0.247. The van der Waals surface area contributed by atoms with Crippen molar-refractivity contribution in [3.63, 3.8) is 0 Å². The average molecular weight is 234 g/mol. The normalized spacial score (nSPS) is 10.9. The van der Waals surface area contributed by atoms with Gasteiger partial charge in [0.15, 0.2) is 0 Å². The van der Waals surface area contributed by atoms with Gasteiger partial charge < -0.3 is 0 Å². The van der Waals surface area contributed by atoms with Crippen LogP contribution in [0, 0.1) is 5.82 Å². The molecule has 0 fully saturated rings. The van der Waals surface area contributed by atoms with Crippen molar-refractivity contribution in [3.8, 4) is 0 Å². The van der Waals surface area contributed by atoms with E-state index in [1.165, 1.54) is 12.1 Å². The highest BCUT2D eigenvalue weighted by Gasteiger charge is 1.91. The van der Waals surface area contributed by atoms with Crippen molar-refractivity contribution in [1.82, 2.24) is 0 Å². The number of rotatable bonds is 2. The Balaban J connectivity index is 2.15. The van der Waals surface area contributed by atoms with Gasteiger partial charge in [0.05, 0.1) is 5.69 Å². The summed E-state index contributed by atoms with van der Waals surface area (Å²) in [6.45, 7) is 0. The van der Waals surface area contributed by atoms with Crippen LogP contribution in [-0.4, -0.2) is 6.21 Å². The molecule has 0 N–H and O–H groups in total. The topological polar surface area (TPSA) is 12.4 Å². The third-order valence-electron chi connectivity index (χ3n) is 2.06. The van der Waals surface area contributed by atoms with Crippen LogP contribution in [0.2, 0.25) is 5.02 Å². The van der Waals surface area contributed by atoms with Crippen molar-refractivity contribution in [2.75, 3.05) is 0 Å². The zero-order valence-corrected chi connectivity index (χ0v) is 9.16. The van der Waals surface area contributed by atoms with Gasteiger partial charge in [-0.05, 0) is 42.0 Å². The third-order valence-corrected chi connectivity index (χ3v) is 2.31. The maximum atomic E-state index is 12.6. The fraction of sp³-hybridized carbons (Fsp3) is 0. The standard InChI is InChI=1S/C13H9ClFN/c14-11-3-7-13(8-4-11)16-9-10-1-5-12(15)6-2-10/h1-9H. The monoisotopic (exact) mass is 233 g/mol. The maximum Gasteiger partial charge on any atom is 0.123 e. The molecule has 80 valence electrons. The molecule has 2 rings (SSSR count). The number of halogens is 2. The van der Waals surface area contributed by atoms with Crippen molar-refractivity contribution >= 4 is 23.5 Å². The molecule has 2 aromatic rings. The van der Waals surface area contributed by atoms with Gasteiger partial charge in [0, 0.05) is 11.2 Å². The quantitative estimate of drug-likeness (QED) is 0.689. The number of hydrogen-bond acceptors (Lipinski definition) is 1. The first-order chi connectivity index (χ1) is 7.74. The lowest BCUT2D eigenvalue weighted by molar-refractivity contribution is 0.628. The fourth-order valence-electron chi connectivity index (χ4n) is 1.23. The zero-order chi connectivity index (χ0) is 11.4. The Hall–Kier alpha value is -1.67. The summed E-state index contributed by atoms with van der Waals surface area (Å²) < 4.78 is 12.6. The highest BCUT2D eigenvalue weighted by atomic mass is 35.5. The summed E-state index contributed by atoms with van der Waals surface area (Å²) in [6, 6.07) is 13.4. The molecule has 0 aliphatic carbocycles. The molecule has 0 aliphatic heterocycles. The van der Waals surface area contributed by atoms with E-state index in [4.69, 9.17) is 11.6 Å². The van der Waals surface area contributed by atoms with Crippen LogP contribution in [0.3, 0.4) is 0 Å². The van der Waals surface area contributed by atoms with Crippen LogP contribution in [0.5, 0.6) is 0 Å². The van der Waals surface area contributed by atoms with Crippen LogP contribution in [0.15, 0.2) is 53.5 Å². The van der Waals surface area contributed by atoms with E-state index in [2.05, 4.69) is 4.99 Å². The van der Waals surface area contributed by atoms with E-state index in [1.807, 2.05) is 12.1 Å². The highest BCUT2D eigenvalue weighted by Crippen LogP contribution is 2.16.